The van der Waals surface area contributed by atoms with Gasteiger partial charge in [-0.1, -0.05) is 11.6 Å². The summed E-state index contributed by atoms with van der Waals surface area (Å²) in [6, 6.07) is 3.89. The van der Waals surface area contributed by atoms with Gasteiger partial charge in [0.25, 0.3) is 0 Å². The molecule has 3 rings (SSSR count). The van der Waals surface area contributed by atoms with Crippen LogP contribution >= 0.6 is 11.6 Å². The highest BCUT2D eigenvalue weighted by Gasteiger charge is 2.42. The fourth-order valence-corrected chi connectivity index (χ4v) is 4.22. The van der Waals surface area contributed by atoms with Crippen molar-refractivity contribution in [3.63, 3.8) is 0 Å². The number of aliphatic hydroxyl groups is 1. The lowest BCUT2D eigenvalue weighted by Crippen LogP contribution is -2.48. The largest absolute Gasteiger partial charge is 0.391 e. The zero-order valence-corrected chi connectivity index (χ0v) is 15.3. The Kier molecular flexibility index (Phi) is 5.79. The van der Waals surface area contributed by atoms with Crippen LogP contribution in [0.4, 0.5) is 10.1 Å². The molecule has 1 heterocycles. The van der Waals surface area contributed by atoms with Crippen molar-refractivity contribution in [3.8, 4) is 0 Å². The van der Waals surface area contributed by atoms with Crippen LogP contribution in [0.15, 0.2) is 18.2 Å². The standard InChI is InChI=1S/C18H23ClFN3O3/c1-10(24)21-16-4-11-7-23(8-12(11)5-17(16)25)9-18(26)22-15-3-2-13(19)6-14(15)20/h2-3,6,11-12,16-17,25H,4-5,7-9H2,1H3,(H,21,24)(H,22,26)/t11-,12+,16-,17-/m1/s1. The minimum atomic E-state index is -0.567. The van der Waals surface area contributed by atoms with Crippen LogP contribution < -0.4 is 10.6 Å². The van der Waals surface area contributed by atoms with Crippen LogP contribution in [0.1, 0.15) is 19.8 Å². The smallest absolute Gasteiger partial charge is 0.238 e. The summed E-state index contributed by atoms with van der Waals surface area (Å²) in [6.45, 7) is 3.05. The van der Waals surface area contributed by atoms with E-state index < -0.39 is 11.9 Å². The Morgan fingerprint density at radius 3 is 2.65 bits per heavy atom. The first kappa shape index (κ1) is 19.1. The van der Waals surface area contributed by atoms with Gasteiger partial charge >= 0.3 is 0 Å². The summed E-state index contributed by atoms with van der Waals surface area (Å²) in [5.74, 6) is -0.372. The number of benzene rings is 1. The number of nitrogens with one attached hydrogen (secondary N) is 2. The van der Waals surface area contributed by atoms with Gasteiger partial charge in [-0.2, -0.15) is 0 Å². The molecule has 0 unspecified atom stereocenters. The zero-order valence-electron chi connectivity index (χ0n) is 14.5. The molecule has 1 saturated heterocycles. The molecule has 3 N–H and O–H groups in total. The van der Waals surface area contributed by atoms with Crippen LogP contribution in [-0.4, -0.2) is 53.6 Å². The van der Waals surface area contributed by atoms with E-state index in [1.807, 2.05) is 4.90 Å². The predicted octanol–water partition coefficient (Wildman–Crippen LogP) is 1.62. The van der Waals surface area contributed by atoms with Gasteiger partial charge in [0.15, 0.2) is 0 Å². The van der Waals surface area contributed by atoms with Crippen molar-refractivity contribution in [1.29, 1.82) is 0 Å². The Hall–Kier alpha value is -1.70. The number of likely N-dealkylation sites (tertiary alicyclic amines) is 1. The van der Waals surface area contributed by atoms with Crippen molar-refractivity contribution in [2.45, 2.75) is 31.9 Å². The molecule has 2 fully saturated rings. The van der Waals surface area contributed by atoms with Gasteiger partial charge in [-0.15, -0.1) is 0 Å². The summed E-state index contributed by atoms with van der Waals surface area (Å²) in [6.07, 6.45) is 0.756. The van der Waals surface area contributed by atoms with Crippen LogP contribution in [-0.2, 0) is 9.59 Å². The van der Waals surface area contributed by atoms with Gasteiger partial charge in [-0.25, -0.2) is 4.39 Å². The molecule has 0 radical (unpaired) electrons. The highest BCUT2D eigenvalue weighted by atomic mass is 35.5. The molecule has 0 aromatic heterocycles. The van der Waals surface area contributed by atoms with Crippen molar-refractivity contribution in [2.75, 3.05) is 25.0 Å². The number of hydrogen-bond donors (Lipinski definition) is 3. The number of aliphatic hydroxyl groups excluding tert-OH is 1. The molecular formula is C18H23ClFN3O3. The van der Waals surface area contributed by atoms with E-state index in [0.717, 1.165) is 12.6 Å². The molecule has 4 atom stereocenters. The third-order valence-electron chi connectivity index (χ3n) is 5.18. The molecule has 1 aromatic carbocycles. The molecule has 1 aliphatic heterocycles. The fourth-order valence-electron chi connectivity index (χ4n) is 4.06. The first-order valence-electron chi connectivity index (χ1n) is 8.74. The lowest BCUT2D eigenvalue weighted by atomic mass is 9.77. The maximum atomic E-state index is 13.8. The van der Waals surface area contributed by atoms with E-state index in [1.54, 1.807) is 0 Å². The average Bonchev–Trinajstić information content (AvgIpc) is 2.91. The van der Waals surface area contributed by atoms with Crippen LogP contribution in [0.3, 0.4) is 0 Å². The van der Waals surface area contributed by atoms with Crippen molar-refractivity contribution in [3.05, 3.63) is 29.0 Å². The molecule has 26 heavy (non-hydrogen) atoms. The SMILES string of the molecule is CC(=O)N[C@@H]1C[C@@H]2CN(CC(=O)Nc3ccc(Cl)cc3F)C[C@@H]2C[C@H]1O. The lowest BCUT2D eigenvalue weighted by molar-refractivity contribution is -0.121. The van der Waals surface area contributed by atoms with Gasteiger partial charge in [-0.05, 0) is 42.9 Å². The minimum absolute atomic E-state index is 0.108. The first-order chi connectivity index (χ1) is 12.3. The molecule has 2 aliphatic rings. The maximum absolute atomic E-state index is 13.8. The third-order valence-corrected chi connectivity index (χ3v) is 5.41. The number of nitrogens with zero attached hydrogens (tertiary/aromatic N) is 1. The molecule has 142 valence electrons. The highest BCUT2D eigenvalue weighted by Crippen LogP contribution is 2.36. The van der Waals surface area contributed by atoms with Crippen molar-refractivity contribution >= 4 is 29.1 Å². The third kappa shape index (κ3) is 4.52. The second-order valence-electron chi connectivity index (χ2n) is 7.23. The molecule has 1 aliphatic carbocycles. The molecule has 6 nitrogen and oxygen atoms in total. The lowest BCUT2D eigenvalue weighted by Gasteiger charge is -2.35. The molecule has 8 heteroatoms. The van der Waals surface area contributed by atoms with E-state index in [4.69, 9.17) is 11.6 Å². The number of amides is 2. The fraction of sp³-hybridized carbons (Fsp3) is 0.556. The first-order valence-corrected chi connectivity index (χ1v) is 9.12. The summed E-state index contributed by atoms with van der Waals surface area (Å²) in [5.41, 5.74) is 0.108. The number of halogens is 2. The number of carbonyl (C=O) groups is 2. The zero-order chi connectivity index (χ0) is 18.8. The molecule has 1 saturated carbocycles. The molecule has 0 spiro atoms. The molecule has 2 amide bonds. The van der Waals surface area contributed by atoms with E-state index in [1.165, 1.54) is 19.1 Å². The van der Waals surface area contributed by atoms with E-state index in [9.17, 15) is 19.1 Å². The van der Waals surface area contributed by atoms with Crippen LogP contribution in [0.25, 0.3) is 0 Å². The molecule has 0 bridgehead atoms. The molecule has 1 aromatic rings. The maximum Gasteiger partial charge on any atom is 0.238 e. The summed E-state index contributed by atoms with van der Waals surface area (Å²) in [4.78, 5) is 25.5. The average molecular weight is 384 g/mol. The summed E-state index contributed by atoms with van der Waals surface area (Å²) in [5, 5.41) is 15.9. The van der Waals surface area contributed by atoms with Crippen molar-refractivity contribution < 1.29 is 19.1 Å². The Bertz CT molecular complexity index is 702. The van der Waals surface area contributed by atoms with Gasteiger partial charge in [0, 0.05) is 25.0 Å². The van der Waals surface area contributed by atoms with Gasteiger partial charge < -0.3 is 15.7 Å². The number of hydrogen-bond acceptors (Lipinski definition) is 4. The van der Waals surface area contributed by atoms with E-state index in [0.29, 0.717) is 31.2 Å². The Morgan fingerprint density at radius 2 is 2.00 bits per heavy atom. The van der Waals surface area contributed by atoms with Crippen molar-refractivity contribution in [2.24, 2.45) is 11.8 Å². The van der Waals surface area contributed by atoms with E-state index in [-0.39, 0.29) is 35.1 Å². The Labute approximate surface area is 156 Å². The molecular weight excluding hydrogens is 361 g/mol. The number of rotatable bonds is 4. The second-order valence-corrected chi connectivity index (χ2v) is 7.67. The second kappa shape index (κ2) is 7.90. The van der Waals surface area contributed by atoms with Crippen LogP contribution in [0.2, 0.25) is 5.02 Å². The van der Waals surface area contributed by atoms with Crippen LogP contribution in [0.5, 0.6) is 0 Å². The van der Waals surface area contributed by atoms with Crippen molar-refractivity contribution in [1.82, 2.24) is 10.2 Å². The van der Waals surface area contributed by atoms with Gasteiger partial charge in [0.2, 0.25) is 11.8 Å². The highest BCUT2D eigenvalue weighted by molar-refractivity contribution is 6.30. The van der Waals surface area contributed by atoms with E-state index >= 15 is 0 Å². The topological polar surface area (TPSA) is 81.7 Å². The minimum Gasteiger partial charge on any atom is -0.391 e. The van der Waals surface area contributed by atoms with Gasteiger partial charge in [-0.3, -0.25) is 14.5 Å². The Morgan fingerprint density at radius 1 is 1.31 bits per heavy atom. The summed E-state index contributed by atoms with van der Waals surface area (Å²) in [7, 11) is 0. The number of fused-ring (bicyclic) bond motifs is 1. The summed E-state index contributed by atoms with van der Waals surface area (Å²) >= 11 is 5.71. The van der Waals surface area contributed by atoms with Gasteiger partial charge in [0.1, 0.15) is 5.82 Å². The number of carbonyl (C=O) groups excluding carboxylic acids is 2. The van der Waals surface area contributed by atoms with Crippen LogP contribution in [0, 0.1) is 17.7 Å². The Balaban J connectivity index is 1.54. The summed E-state index contributed by atoms with van der Waals surface area (Å²) < 4.78 is 13.8. The number of anilines is 1. The monoisotopic (exact) mass is 383 g/mol. The quantitative estimate of drug-likeness (QED) is 0.738. The van der Waals surface area contributed by atoms with Gasteiger partial charge in [0.05, 0.1) is 24.4 Å². The predicted molar refractivity (Wildman–Crippen MR) is 96.3 cm³/mol. The normalized spacial score (nSPS) is 28.5. The van der Waals surface area contributed by atoms with E-state index in [2.05, 4.69) is 10.6 Å².